The fourth-order valence-electron chi connectivity index (χ4n) is 6.93. The van der Waals surface area contributed by atoms with Crippen LogP contribution in [-0.4, -0.2) is 40.7 Å². The molecule has 0 saturated heterocycles. The molecule has 9 heteroatoms. The Morgan fingerprint density at radius 2 is 1.71 bits per heavy atom. The molecule has 7 nitrogen and oxygen atoms in total. The standard InChI is InChI=1S/C40H50N4O3S2/c1-39(2,3)24-26-47-31-18-13-17-30(27-31)36-35-32-19-9-8-16-29(32)15-7-4-5-12-25-44(28-40(37(45)46)22-10-6-11-23-40)33-20-14-21-34(41-33)49-43-38(42-35)48-36/h8-9,13-14,16-21,27H,4-7,10-12,15,22-26,28H2,1-3H3,(H,42,43)(H,45,46). The Hall–Kier alpha value is -3.56. The highest BCUT2D eigenvalue weighted by molar-refractivity contribution is 8.00. The number of hydrogen-bond acceptors (Lipinski definition) is 8. The molecule has 3 heterocycles. The van der Waals surface area contributed by atoms with Crippen molar-refractivity contribution in [2.75, 3.05) is 29.3 Å². The van der Waals surface area contributed by atoms with E-state index in [-0.39, 0.29) is 5.41 Å². The van der Waals surface area contributed by atoms with E-state index in [2.05, 4.69) is 72.9 Å². The van der Waals surface area contributed by atoms with Crippen molar-refractivity contribution in [2.45, 2.75) is 96.4 Å². The van der Waals surface area contributed by atoms with Crippen LogP contribution < -0.4 is 14.4 Å². The number of aromatic nitrogens is 2. The zero-order valence-corrected chi connectivity index (χ0v) is 30.8. The number of thiazole rings is 1. The average Bonchev–Trinajstić information content (AvgIpc) is 3.52. The van der Waals surface area contributed by atoms with Crippen LogP contribution in [0.3, 0.4) is 0 Å². The Labute approximate surface area is 300 Å². The molecule has 4 bridgehead atoms. The van der Waals surface area contributed by atoms with Crippen molar-refractivity contribution in [3.8, 4) is 27.4 Å². The summed E-state index contributed by atoms with van der Waals surface area (Å²) in [5, 5.41) is 12.0. The van der Waals surface area contributed by atoms with Crippen LogP contribution in [0, 0.1) is 10.8 Å². The van der Waals surface area contributed by atoms with Gasteiger partial charge in [-0.3, -0.25) is 4.79 Å². The predicted molar refractivity (Wildman–Crippen MR) is 204 cm³/mol. The fraction of sp³-hybridized carbons (Fsp3) is 0.475. The largest absolute Gasteiger partial charge is 0.494 e. The van der Waals surface area contributed by atoms with Crippen molar-refractivity contribution in [2.24, 2.45) is 10.8 Å². The number of carbonyl (C=O) groups is 1. The van der Waals surface area contributed by atoms with Crippen molar-refractivity contribution in [1.82, 2.24) is 9.97 Å². The summed E-state index contributed by atoms with van der Waals surface area (Å²) < 4.78 is 9.73. The molecular formula is C40H50N4O3S2. The lowest BCUT2D eigenvalue weighted by Gasteiger charge is -2.38. The van der Waals surface area contributed by atoms with Crippen molar-refractivity contribution in [3.05, 3.63) is 72.3 Å². The number of nitrogens with zero attached hydrogens (tertiary/aromatic N) is 3. The average molecular weight is 699 g/mol. The summed E-state index contributed by atoms with van der Waals surface area (Å²) in [6.07, 6.45) is 10.8. The fourth-order valence-corrected chi connectivity index (χ4v) is 8.57. The van der Waals surface area contributed by atoms with E-state index < -0.39 is 11.4 Å². The molecule has 2 aliphatic rings. The highest BCUT2D eigenvalue weighted by Crippen LogP contribution is 2.43. The van der Waals surface area contributed by atoms with Crippen LogP contribution in [0.1, 0.15) is 90.5 Å². The summed E-state index contributed by atoms with van der Waals surface area (Å²) in [6.45, 7) is 8.69. The molecule has 1 aliphatic carbocycles. The molecule has 1 fully saturated rings. The van der Waals surface area contributed by atoms with Gasteiger partial charge in [0, 0.05) is 30.6 Å². The Kier molecular flexibility index (Phi) is 11.5. The quantitative estimate of drug-likeness (QED) is 0.184. The number of rotatable bonds is 7. The number of aliphatic carboxylic acids is 1. The van der Waals surface area contributed by atoms with Gasteiger partial charge in [0.05, 0.1) is 22.6 Å². The minimum Gasteiger partial charge on any atom is -0.494 e. The van der Waals surface area contributed by atoms with E-state index in [9.17, 15) is 9.90 Å². The lowest BCUT2D eigenvalue weighted by molar-refractivity contribution is -0.150. The van der Waals surface area contributed by atoms with Gasteiger partial charge in [-0.25, -0.2) is 9.97 Å². The summed E-state index contributed by atoms with van der Waals surface area (Å²) in [5.41, 5.74) is 4.06. The van der Waals surface area contributed by atoms with Gasteiger partial charge in [-0.15, -0.1) is 0 Å². The second-order valence-electron chi connectivity index (χ2n) is 14.8. The van der Waals surface area contributed by atoms with E-state index in [0.29, 0.717) is 13.2 Å². The molecule has 2 aromatic carbocycles. The second-order valence-corrected chi connectivity index (χ2v) is 16.6. The molecule has 4 aromatic rings. The predicted octanol–water partition coefficient (Wildman–Crippen LogP) is 10.8. The summed E-state index contributed by atoms with van der Waals surface area (Å²) in [4.78, 5) is 26.3. The molecule has 0 spiro atoms. The Morgan fingerprint density at radius 1 is 0.939 bits per heavy atom. The number of carboxylic acids is 1. The summed E-state index contributed by atoms with van der Waals surface area (Å²) in [7, 11) is 0. The highest BCUT2D eigenvalue weighted by Gasteiger charge is 2.41. The molecule has 2 N–H and O–H groups in total. The van der Waals surface area contributed by atoms with Gasteiger partial charge in [0.25, 0.3) is 0 Å². The van der Waals surface area contributed by atoms with Crippen molar-refractivity contribution in [1.29, 1.82) is 0 Å². The molecule has 0 atom stereocenters. The third-order valence-corrected chi connectivity index (χ3v) is 11.7. The molecule has 0 unspecified atom stereocenters. The number of benzene rings is 2. The number of ether oxygens (including phenoxy) is 1. The Bertz CT molecular complexity index is 1710. The molecule has 6 rings (SSSR count). The Balaban J connectivity index is 1.31. The third-order valence-electron chi connectivity index (χ3n) is 9.77. The minimum absolute atomic E-state index is 0.214. The first-order valence-electron chi connectivity index (χ1n) is 17.9. The van der Waals surface area contributed by atoms with E-state index in [1.807, 2.05) is 24.3 Å². The topological polar surface area (TPSA) is 87.6 Å². The summed E-state index contributed by atoms with van der Waals surface area (Å²) in [5.74, 6) is 1.05. The van der Waals surface area contributed by atoms with Crippen molar-refractivity contribution < 1.29 is 14.6 Å². The van der Waals surface area contributed by atoms with Crippen LogP contribution in [-0.2, 0) is 11.2 Å². The zero-order chi connectivity index (χ0) is 34.3. The monoisotopic (exact) mass is 698 g/mol. The SMILES string of the molecule is CC(C)(C)CCOc1cccc(-c2sc3nc2-c2ccccc2CCCCCCN(CC2(C(=O)O)CCCCC2)c2cccc(n2)SN3)c1. The maximum atomic E-state index is 12.7. The zero-order valence-electron chi connectivity index (χ0n) is 29.2. The van der Waals surface area contributed by atoms with E-state index in [4.69, 9.17) is 14.7 Å². The molecule has 2 aromatic heterocycles. The normalized spacial score (nSPS) is 17.0. The first-order chi connectivity index (χ1) is 23.7. The van der Waals surface area contributed by atoms with Gasteiger partial charge < -0.3 is 19.5 Å². The van der Waals surface area contributed by atoms with Gasteiger partial charge in [0.2, 0.25) is 0 Å². The van der Waals surface area contributed by atoms with Gasteiger partial charge in [-0.2, -0.15) is 0 Å². The summed E-state index contributed by atoms with van der Waals surface area (Å²) >= 11 is 3.10. The van der Waals surface area contributed by atoms with Crippen LogP contribution >= 0.6 is 23.3 Å². The number of nitrogens with one attached hydrogen (secondary N) is 1. The smallest absolute Gasteiger partial charge is 0.311 e. The molecule has 1 aliphatic heterocycles. The third kappa shape index (κ3) is 9.17. The highest BCUT2D eigenvalue weighted by atomic mass is 32.2. The van der Waals surface area contributed by atoms with Gasteiger partial charge in [0.1, 0.15) is 16.6 Å². The molecular weight excluding hydrogens is 649 g/mol. The maximum Gasteiger partial charge on any atom is 0.311 e. The van der Waals surface area contributed by atoms with E-state index in [0.717, 1.165) is 115 Å². The number of anilines is 2. The van der Waals surface area contributed by atoms with Crippen LogP contribution in [0.15, 0.2) is 71.8 Å². The Morgan fingerprint density at radius 3 is 2.53 bits per heavy atom. The van der Waals surface area contributed by atoms with E-state index in [1.165, 1.54) is 23.1 Å². The van der Waals surface area contributed by atoms with Crippen LogP contribution in [0.5, 0.6) is 5.75 Å². The molecule has 260 valence electrons. The van der Waals surface area contributed by atoms with Crippen molar-refractivity contribution >= 4 is 40.2 Å². The summed E-state index contributed by atoms with van der Waals surface area (Å²) in [6, 6.07) is 23.1. The molecule has 1 saturated carbocycles. The van der Waals surface area contributed by atoms with E-state index in [1.54, 1.807) is 11.3 Å². The number of aryl methyl sites for hydroxylation is 1. The minimum atomic E-state index is -0.716. The number of pyridine rings is 1. The van der Waals surface area contributed by atoms with Gasteiger partial charge in [0.15, 0.2) is 5.13 Å². The van der Waals surface area contributed by atoms with Crippen LogP contribution in [0.2, 0.25) is 0 Å². The maximum absolute atomic E-state index is 12.7. The number of hydrogen-bond donors (Lipinski definition) is 2. The van der Waals surface area contributed by atoms with Crippen molar-refractivity contribution in [3.63, 3.8) is 0 Å². The first kappa shape index (κ1) is 35.3. The first-order valence-corrected chi connectivity index (χ1v) is 19.5. The molecule has 0 radical (unpaired) electrons. The van der Waals surface area contributed by atoms with E-state index >= 15 is 0 Å². The molecule has 0 amide bonds. The second kappa shape index (κ2) is 16.0. The number of carboxylic acid groups (broad SMARTS) is 1. The van der Waals surface area contributed by atoms with Gasteiger partial charge in [-0.05, 0) is 79.3 Å². The van der Waals surface area contributed by atoms with Gasteiger partial charge in [-0.1, -0.05) is 107 Å². The van der Waals surface area contributed by atoms with Crippen LogP contribution in [0.4, 0.5) is 10.9 Å². The lowest BCUT2D eigenvalue weighted by Crippen LogP contribution is -2.45. The molecule has 49 heavy (non-hydrogen) atoms. The van der Waals surface area contributed by atoms with Crippen LogP contribution in [0.25, 0.3) is 21.7 Å². The lowest BCUT2D eigenvalue weighted by atomic mass is 9.73. The van der Waals surface area contributed by atoms with Gasteiger partial charge >= 0.3 is 5.97 Å². The number of fused-ring (bicyclic) bond motifs is 6.